The summed E-state index contributed by atoms with van der Waals surface area (Å²) >= 11 is 11.1. The van der Waals surface area contributed by atoms with E-state index in [-0.39, 0.29) is 21.2 Å². The Morgan fingerprint density at radius 1 is 0.950 bits per heavy atom. The highest BCUT2D eigenvalue weighted by atomic mass is 35.5. The molecule has 0 radical (unpaired) electrons. The molecule has 0 bridgehead atoms. The fourth-order valence-corrected chi connectivity index (χ4v) is 1.74. The lowest BCUT2D eigenvalue weighted by Gasteiger charge is -2.04. The Balaban J connectivity index is 0.000000956. The van der Waals surface area contributed by atoms with E-state index in [9.17, 15) is 13.6 Å². The number of carbonyl (C=O) groups excluding carboxylic acids is 1. The average Bonchev–Trinajstić information content (AvgIpc) is 2.43. The van der Waals surface area contributed by atoms with Gasteiger partial charge in [0.05, 0.1) is 10.6 Å². The second kappa shape index (κ2) is 7.36. The van der Waals surface area contributed by atoms with Gasteiger partial charge >= 0.3 is 0 Å². The van der Waals surface area contributed by atoms with Crippen molar-refractivity contribution in [2.24, 2.45) is 0 Å². The molecule has 106 valence electrons. The number of carbonyl (C=O) groups is 1. The van der Waals surface area contributed by atoms with E-state index in [1.807, 2.05) is 13.8 Å². The third-order valence-electron chi connectivity index (χ3n) is 2.36. The zero-order valence-electron chi connectivity index (χ0n) is 10.9. The number of rotatable bonds is 2. The fourth-order valence-electron chi connectivity index (χ4n) is 1.47. The Bertz CT molecular complexity index is 627. The van der Waals surface area contributed by atoms with Crippen LogP contribution in [0.5, 0.6) is 0 Å². The molecule has 0 atom stereocenters. The summed E-state index contributed by atoms with van der Waals surface area (Å²) in [6.45, 7) is 4.00. The normalized spacial score (nSPS) is 9.70. The van der Waals surface area contributed by atoms with Gasteiger partial charge < -0.3 is 0 Å². The number of ketones is 1. The first-order chi connectivity index (χ1) is 9.49. The molecule has 2 aromatic carbocycles. The van der Waals surface area contributed by atoms with E-state index in [2.05, 4.69) is 0 Å². The summed E-state index contributed by atoms with van der Waals surface area (Å²) in [4.78, 5) is 11.9. The van der Waals surface area contributed by atoms with Crippen LogP contribution in [0.15, 0.2) is 36.4 Å². The van der Waals surface area contributed by atoms with Crippen LogP contribution in [0.3, 0.4) is 0 Å². The SMILES string of the molecule is CC.O=C(c1ccc(Cl)c(F)c1)c1ccc(Cl)cc1F. The van der Waals surface area contributed by atoms with Crippen LogP contribution in [0, 0.1) is 11.6 Å². The molecular weight excluding hydrogens is 305 g/mol. The minimum atomic E-state index is -0.747. The molecule has 0 saturated heterocycles. The molecule has 0 amide bonds. The van der Waals surface area contributed by atoms with Crippen LogP contribution in [0.25, 0.3) is 0 Å². The molecule has 0 aliphatic rings. The molecule has 5 heteroatoms. The summed E-state index contributed by atoms with van der Waals surface area (Å²) in [6.07, 6.45) is 0. The van der Waals surface area contributed by atoms with Gasteiger partial charge in [0.1, 0.15) is 11.6 Å². The van der Waals surface area contributed by atoms with Crippen LogP contribution in [0.1, 0.15) is 29.8 Å². The third-order valence-corrected chi connectivity index (χ3v) is 2.90. The molecule has 0 aliphatic heterocycles. The van der Waals surface area contributed by atoms with E-state index < -0.39 is 17.4 Å². The van der Waals surface area contributed by atoms with E-state index in [1.165, 1.54) is 24.3 Å². The maximum absolute atomic E-state index is 13.5. The van der Waals surface area contributed by atoms with Gasteiger partial charge in [-0.1, -0.05) is 37.0 Å². The Hall–Kier alpha value is -1.45. The Morgan fingerprint density at radius 2 is 1.60 bits per heavy atom. The van der Waals surface area contributed by atoms with Gasteiger partial charge in [0.2, 0.25) is 0 Å². The molecule has 2 aromatic rings. The zero-order valence-corrected chi connectivity index (χ0v) is 12.4. The number of hydrogen-bond acceptors (Lipinski definition) is 1. The van der Waals surface area contributed by atoms with Crippen molar-refractivity contribution in [3.8, 4) is 0 Å². The highest BCUT2D eigenvalue weighted by Gasteiger charge is 2.15. The summed E-state index contributed by atoms with van der Waals surface area (Å²) in [5, 5.41) is 0.0921. The van der Waals surface area contributed by atoms with Crippen molar-refractivity contribution in [3.05, 3.63) is 69.2 Å². The number of halogens is 4. The van der Waals surface area contributed by atoms with E-state index in [0.29, 0.717) is 0 Å². The summed E-state index contributed by atoms with van der Waals surface area (Å²) in [7, 11) is 0. The molecular formula is C15H12Cl2F2O. The van der Waals surface area contributed by atoms with Crippen molar-refractivity contribution >= 4 is 29.0 Å². The lowest BCUT2D eigenvalue weighted by atomic mass is 10.0. The molecule has 0 heterocycles. The van der Waals surface area contributed by atoms with Crippen LogP contribution in [-0.4, -0.2) is 5.78 Å². The second-order valence-corrected chi connectivity index (χ2v) is 4.43. The predicted molar refractivity (Wildman–Crippen MR) is 77.6 cm³/mol. The first-order valence-corrected chi connectivity index (χ1v) is 6.69. The van der Waals surface area contributed by atoms with E-state index >= 15 is 0 Å². The van der Waals surface area contributed by atoms with Crippen molar-refractivity contribution < 1.29 is 13.6 Å². The average molecular weight is 317 g/mol. The maximum Gasteiger partial charge on any atom is 0.196 e. The van der Waals surface area contributed by atoms with Crippen LogP contribution in [-0.2, 0) is 0 Å². The summed E-state index contributed by atoms with van der Waals surface area (Å²) in [6, 6.07) is 7.23. The Kier molecular flexibility index (Phi) is 6.11. The number of benzene rings is 2. The summed E-state index contributed by atoms with van der Waals surface area (Å²) in [5.74, 6) is -2.10. The Morgan fingerprint density at radius 3 is 2.15 bits per heavy atom. The highest BCUT2D eigenvalue weighted by Crippen LogP contribution is 2.21. The standard InChI is InChI=1S/C13H6Cl2F2O.C2H6/c14-8-2-3-9(11(16)6-8)13(18)7-1-4-10(15)12(17)5-7;1-2/h1-6H;1-2H3. The predicted octanol–water partition coefficient (Wildman–Crippen LogP) is 5.53. The van der Waals surface area contributed by atoms with Gasteiger partial charge in [-0.25, -0.2) is 8.78 Å². The van der Waals surface area contributed by atoms with E-state index in [0.717, 1.165) is 12.1 Å². The van der Waals surface area contributed by atoms with Crippen molar-refractivity contribution in [1.82, 2.24) is 0 Å². The van der Waals surface area contributed by atoms with Crippen LogP contribution in [0.2, 0.25) is 10.0 Å². The van der Waals surface area contributed by atoms with Gasteiger partial charge in [-0.15, -0.1) is 0 Å². The molecule has 0 unspecified atom stereocenters. The minimum absolute atomic E-state index is 0.0260. The smallest absolute Gasteiger partial charge is 0.196 e. The van der Waals surface area contributed by atoms with Crippen LogP contribution < -0.4 is 0 Å². The van der Waals surface area contributed by atoms with Crippen molar-refractivity contribution in [3.63, 3.8) is 0 Å². The molecule has 0 fully saturated rings. The first-order valence-electron chi connectivity index (χ1n) is 5.94. The van der Waals surface area contributed by atoms with Crippen LogP contribution in [0.4, 0.5) is 8.78 Å². The topological polar surface area (TPSA) is 17.1 Å². The van der Waals surface area contributed by atoms with Gasteiger partial charge in [-0.3, -0.25) is 4.79 Å². The molecule has 20 heavy (non-hydrogen) atoms. The van der Waals surface area contributed by atoms with E-state index in [4.69, 9.17) is 23.2 Å². The first kappa shape index (κ1) is 16.6. The molecule has 0 spiro atoms. The molecule has 0 saturated carbocycles. The summed E-state index contributed by atoms with van der Waals surface area (Å²) in [5.41, 5.74) is -0.140. The van der Waals surface area contributed by atoms with Crippen molar-refractivity contribution in [1.29, 1.82) is 0 Å². The van der Waals surface area contributed by atoms with Crippen molar-refractivity contribution in [2.45, 2.75) is 13.8 Å². The minimum Gasteiger partial charge on any atom is -0.288 e. The zero-order chi connectivity index (χ0) is 15.3. The molecule has 1 nitrogen and oxygen atoms in total. The number of hydrogen-bond donors (Lipinski definition) is 0. The lowest BCUT2D eigenvalue weighted by Crippen LogP contribution is -2.04. The molecule has 0 N–H and O–H groups in total. The van der Waals surface area contributed by atoms with Crippen molar-refractivity contribution in [2.75, 3.05) is 0 Å². The monoisotopic (exact) mass is 316 g/mol. The maximum atomic E-state index is 13.5. The molecule has 0 aromatic heterocycles. The largest absolute Gasteiger partial charge is 0.288 e. The second-order valence-electron chi connectivity index (χ2n) is 3.58. The third kappa shape index (κ3) is 3.78. The Labute approximate surface area is 126 Å². The lowest BCUT2D eigenvalue weighted by molar-refractivity contribution is 0.103. The molecule has 2 rings (SSSR count). The quantitative estimate of drug-likeness (QED) is 0.666. The van der Waals surface area contributed by atoms with Gasteiger partial charge in [0.25, 0.3) is 0 Å². The van der Waals surface area contributed by atoms with E-state index in [1.54, 1.807) is 0 Å². The van der Waals surface area contributed by atoms with Gasteiger partial charge in [-0.2, -0.15) is 0 Å². The highest BCUT2D eigenvalue weighted by molar-refractivity contribution is 6.31. The molecule has 0 aliphatic carbocycles. The summed E-state index contributed by atoms with van der Waals surface area (Å²) < 4.78 is 26.8. The van der Waals surface area contributed by atoms with Crippen LogP contribution >= 0.6 is 23.2 Å². The fraction of sp³-hybridized carbons (Fsp3) is 0.133. The van der Waals surface area contributed by atoms with Gasteiger partial charge in [-0.05, 0) is 36.4 Å². The van der Waals surface area contributed by atoms with Gasteiger partial charge in [0.15, 0.2) is 5.78 Å². The van der Waals surface area contributed by atoms with Gasteiger partial charge in [0, 0.05) is 10.6 Å².